The quantitative estimate of drug-likeness (QED) is 0.787. The third-order valence-corrected chi connectivity index (χ3v) is 3.44. The Balaban J connectivity index is 1.98. The number of carbonyl (C=O) groups excluding carboxylic acids is 1. The molecule has 0 radical (unpaired) electrons. The largest absolute Gasteiger partial charge is 0.468 e. The summed E-state index contributed by atoms with van der Waals surface area (Å²) in [6.07, 6.45) is 0.941. The van der Waals surface area contributed by atoms with Crippen molar-refractivity contribution in [3.05, 3.63) is 35.9 Å². The van der Waals surface area contributed by atoms with Crippen LogP contribution >= 0.6 is 0 Å². The first-order valence-corrected chi connectivity index (χ1v) is 6.34. The lowest BCUT2D eigenvalue weighted by Crippen LogP contribution is -2.47. The molecular formula is C14H20N2O2. The van der Waals surface area contributed by atoms with E-state index in [-0.39, 0.29) is 24.1 Å². The zero-order chi connectivity index (χ0) is 13.0. The summed E-state index contributed by atoms with van der Waals surface area (Å²) in [6, 6.07) is 10.4. The molecule has 1 heterocycles. The molecule has 3 unspecified atom stereocenters. The van der Waals surface area contributed by atoms with Crippen molar-refractivity contribution in [3.8, 4) is 0 Å². The highest BCUT2D eigenvalue weighted by Crippen LogP contribution is 2.16. The maximum absolute atomic E-state index is 11.6. The summed E-state index contributed by atoms with van der Waals surface area (Å²) in [6.45, 7) is 2.96. The molecule has 0 saturated carbocycles. The molecule has 0 aliphatic carbocycles. The molecule has 1 aromatic rings. The van der Waals surface area contributed by atoms with Crippen LogP contribution in [0, 0.1) is 0 Å². The van der Waals surface area contributed by atoms with Gasteiger partial charge in [0, 0.05) is 12.1 Å². The first kappa shape index (κ1) is 13.1. The van der Waals surface area contributed by atoms with Gasteiger partial charge in [-0.25, -0.2) is 0 Å². The minimum absolute atomic E-state index is 0.132. The molecule has 0 aromatic heterocycles. The summed E-state index contributed by atoms with van der Waals surface area (Å²) in [7, 11) is 1.43. The molecule has 2 N–H and O–H groups in total. The number of nitrogens with one attached hydrogen (secondary N) is 2. The van der Waals surface area contributed by atoms with Crippen molar-refractivity contribution in [2.45, 2.75) is 31.5 Å². The van der Waals surface area contributed by atoms with Gasteiger partial charge in [-0.1, -0.05) is 30.3 Å². The first-order chi connectivity index (χ1) is 8.72. The van der Waals surface area contributed by atoms with Crippen LogP contribution in [0.1, 0.15) is 24.9 Å². The number of esters is 1. The topological polar surface area (TPSA) is 50.4 Å². The molecule has 4 nitrogen and oxygen atoms in total. The van der Waals surface area contributed by atoms with Gasteiger partial charge in [-0.2, -0.15) is 0 Å². The predicted molar refractivity (Wildman–Crippen MR) is 70.2 cm³/mol. The average molecular weight is 248 g/mol. The van der Waals surface area contributed by atoms with E-state index >= 15 is 0 Å². The molecule has 1 fully saturated rings. The molecular weight excluding hydrogens is 228 g/mol. The standard InChI is InChI=1S/C14H20N2O2/c1-10(11-6-4-3-5-7-11)16-12-8-9-15-13(12)14(17)18-2/h3-7,10,12-13,15-16H,8-9H2,1-2H3. The highest BCUT2D eigenvalue weighted by atomic mass is 16.5. The van der Waals surface area contributed by atoms with E-state index in [4.69, 9.17) is 4.74 Å². The molecule has 3 atom stereocenters. The van der Waals surface area contributed by atoms with Gasteiger partial charge in [-0.15, -0.1) is 0 Å². The molecule has 18 heavy (non-hydrogen) atoms. The van der Waals surface area contributed by atoms with Gasteiger partial charge in [0.1, 0.15) is 6.04 Å². The minimum atomic E-state index is -0.235. The molecule has 1 aromatic carbocycles. The first-order valence-electron chi connectivity index (χ1n) is 6.34. The van der Waals surface area contributed by atoms with Crippen LogP contribution in [-0.4, -0.2) is 31.7 Å². The Kier molecular flexibility index (Phi) is 4.33. The van der Waals surface area contributed by atoms with Crippen molar-refractivity contribution in [3.63, 3.8) is 0 Å². The van der Waals surface area contributed by atoms with Crippen LogP contribution in [0.5, 0.6) is 0 Å². The summed E-state index contributed by atoms with van der Waals surface area (Å²) in [5, 5.41) is 6.67. The summed E-state index contributed by atoms with van der Waals surface area (Å²) in [5.41, 5.74) is 1.23. The van der Waals surface area contributed by atoms with Gasteiger partial charge in [0.2, 0.25) is 0 Å². The molecule has 2 rings (SSSR count). The van der Waals surface area contributed by atoms with Crippen molar-refractivity contribution in [1.82, 2.24) is 10.6 Å². The molecule has 1 saturated heterocycles. The Bertz CT molecular complexity index is 394. The number of rotatable bonds is 4. The molecule has 1 aliphatic rings. The Morgan fingerprint density at radius 3 is 2.83 bits per heavy atom. The fraction of sp³-hybridized carbons (Fsp3) is 0.500. The van der Waals surface area contributed by atoms with Gasteiger partial charge in [-0.3, -0.25) is 4.79 Å². The van der Waals surface area contributed by atoms with Crippen molar-refractivity contribution in [2.75, 3.05) is 13.7 Å². The van der Waals surface area contributed by atoms with Crippen LogP contribution in [0.3, 0.4) is 0 Å². The van der Waals surface area contributed by atoms with E-state index in [0.29, 0.717) is 0 Å². The zero-order valence-corrected chi connectivity index (χ0v) is 10.8. The molecule has 98 valence electrons. The highest BCUT2D eigenvalue weighted by Gasteiger charge is 2.34. The molecule has 0 spiro atoms. The van der Waals surface area contributed by atoms with E-state index in [2.05, 4.69) is 29.7 Å². The van der Waals surface area contributed by atoms with E-state index in [1.165, 1.54) is 12.7 Å². The van der Waals surface area contributed by atoms with Crippen LogP contribution in [0.2, 0.25) is 0 Å². The van der Waals surface area contributed by atoms with E-state index in [0.717, 1.165) is 13.0 Å². The van der Waals surface area contributed by atoms with E-state index in [9.17, 15) is 4.79 Å². The highest BCUT2D eigenvalue weighted by molar-refractivity contribution is 5.77. The van der Waals surface area contributed by atoms with Crippen molar-refractivity contribution in [1.29, 1.82) is 0 Å². The summed E-state index contributed by atoms with van der Waals surface area (Å²) < 4.78 is 4.81. The third-order valence-electron chi connectivity index (χ3n) is 3.44. The summed E-state index contributed by atoms with van der Waals surface area (Å²) in [5.74, 6) is -0.190. The SMILES string of the molecule is COC(=O)C1NCCC1NC(C)c1ccccc1. The van der Waals surface area contributed by atoms with Crippen LogP contribution < -0.4 is 10.6 Å². The Hall–Kier alpha value is -1.39. The average Bonchev–Trinajstić information content (AvgIpc) is 2.87. The fourth-order valence-electron chi connectivity index (χ4n) is 2.42. The number of ether oxygens (including phenoxy) is 1. The van der Waals surface area contributed by atoms with Crippen LogP contribution in [-0.2, 0) is 9.53 Å². The van der Waals surface area contributed by atoms with Crippen molar-refractivity contribution >= 4 is 5.97 Å². The van der Waals surface area contributed by atoms with E-state index < -0.39 is 0 Å². The van der Waals surface area contributed by atoms with Gasteiger partial charge in [-0.05, 0) is 25.5 Å². The van der Waals surface area contributed by atoms with E-state index in [1.807, 2.05) is 18.2 Å². The van der Waals surface area contributed by atoms with Gasteiger partial charge >= 0.3 is 5.97 Å². The van der Waals surface area contributed by atoms with Crippen LogP contribution in [0.25, 0.3) is 0 Å². The lowest BCUT2D eigenvalue weighted by molar-refractivity contribution is -0.143. The molecule has 1 aliphatic heterocycles. The molecule has 4 heteroatoms. The maximum atomic E-state index is 11.6. The summed E-state index contributed by atoms with van der Waals surface area (Å²) >= 11 is 0. The molecule has 0 amide bonds. The fourth-order valence-corrected chi connectivity index (χ4v) is 2.42. The second kappa shape index (κ2) is 5.98. The molecule has 0 bridgehead atoms. The van der Waals surface area contributed by atoms with Gasteiger partial charge in [0.25, 0.3) is 0 Å². The maximum Gasteiger partial charge on any atom is 0.324 e. The van der Waals surface area contributed by atoms with Gasteiger partial charge < -0.3 is 15.4 Å². The second-order valence-corrected chi connectivity index (χ2v) is 4.65. The number of hydrogen-bond donors (Lipinski definition) is 2. The monoisotopic (exact) mass is 248 g/mol. The van der Waals surface area contributed by atoms with Crippen LogP contribution in [0.15, 0.2) is 30.3 Å². The van der Waals surface area contributed by atoms with Gasteiger partial charge in [0.15, 0.2) is 0 Å². The van der Waals surface area contributed by atoms with Crippen molar-refractivity contribution in [2.24, 2.45) is 0 Å². The number of methoxy groups -OCH3 is 1. The Labute approximate surface area is 108 Å². The Morgan fingerprint density at radius 2 is 2.17 bits per heavy atom. The smallest absolute Gasteiger partial charge is 0.324 e. The van der Waals surface area contributed by atoms with Gasteiger partial charge in [0.05, 0.1) is 7.11 Å². The normalized spacial score (nSPS) is 24.8. The Morgan fingerprint density at radius 1 is 1.44 bits per heavy atom. The lowest BCUT2D eigenvalue weighted by Gasteiger charge is -2.23. The number of hydrogen-bond acceptors (Lipinski definition) is 4. The van der Waals surface area contributed by atoms with Crippen LogP contribution in [0.4, 0.5) is 0 Å². The van der Waals surface area contributed by atoms with E-state index in [1.54, 1.807) is 0 Å². The predicted octanol–water partition coefficient (Wildman–Crippen LogP) is 1.24. The van der Waals surface area contributed by atoms with Crippen molar-refractivity contribution < 1.29 is 9.53 Å². The number of carbonyl (C=O) groups is 1. The zero-order valence-electron chi connectivity index (χ0n) is 10.8. The minimum Gasteiger partial charge on any atom is -0.468 e. The second-order valence-electron chi connectivity index (χ2n) is 4.65. The lowest BCUT2D eigenvalue weighted by atomic mass is 10.0. The summed E-state index contributed by atoms with van der Waals surface area (Å²) in [4.78, 5) is 11.6. The number of benzene rings is 1. The third kappa shape index (κ3) is 2.89.